The summed E-state index contributed by atoms with van der Waals surface area (Å²) in [6.07, 6.45) is 3.42. The standard InChI is InChI=1S/C13H15N3S/c1-3-11-9(2)13(17)16-12(15-11)8-10-6-4-5-7-14-10/h4-7H,3,8H2,1-2H3,(H,15,16,17). The average Bonchev–Trinajstić information content (AvgIpc) is 2.35. The molecule has 0 saturated carbocycles. The van der Waals surface area contributed by atoms with Gasteiger partial charge >= 0.3 is 0 Å². The van der Waals surface area contributed by atoms with E-state index < -0.39 is 0 Å². The van der Waals surface area contributed by atoms with Crippen LogP contribution in [0.25, 0.3) is 0 Å². The number of pyridine rings is 1. The summed E-state index contributed by atoms with van der Waals surface area (Å²) in [5.74, 6) is 0.885. The molecule has 2 heterocycles. The van der Waals surface area contributed by atoms with E-state index >= 15 is 0 Å². The predicted molar refractivity (Wildman–Crippen MR) is 70.6 cm³/mol. The molecule has 0 atom stereocenters. The summed E-state index contributed by atoms with van der Waals surface area (Å²) in [6.45, 7) is 4.12. The first-order valence-corrected chi connectivity index (χ1v) is 6.10. The van der Waals surface area contributed by atoms with Gasteiger partial charge in [-0.2, -0.15) is 0 Å². The topological polar surface area (TPSA) is 41.6 Å². The van der Waals surface area contributed by atoms with Crippen molar-refractivity contribution in [3.05, 3.63) is 51.8 Å². The minimum Gasteiger partial charge on any atom is -0.347 e. The number of aryl methyl sites for hydroxylation is 1. The molecule has 2 aromatic rings. The second-order valence-electron chi connectivity index (χ2n) is 3.94. The number of aromatic amines is 1. The van der Waals surface area contributed by atoms with Crippen LogP contribution in [0.1, 0.15) is 29.7 Å². The Balaban J connectivity index is 2.34. The fourth-order valence-corrected chi connectivity index (χ4v) is 1.98. The molecule has 0 fully saturated rings. The molecule has 0 radical (unpaired) electrons. The van der Waals surface area contributed by atoms with E-state index in [1.54, 1.807) is 6.20 Å². The summed E-state index contributed by atoms with van der Waals surface area (Å²) in [6, 6.07) is 5.88. The largest absolute Gasteiger partial charge is 0.347 e. The fraction of sp³-hybridized carbons (Fsp3) is 0.308. The van der Waals surface area contributed by atoms with E-state index in [-0.39, 0.29) is 0 Å². The van der Waals surface area contributed by atoms with Crippen LogP contribution in [-0.2, 0) is 12.8 Å². The van der Waals surface area contributed by atoms with Gasteiger partial charge in [-0.1, -0.05) is 25.2 Å². The molecule has 0 aliphatic carbocycles. The third kappa shape index (κ3) is 2.77. The molecule has 4 heteroatoms. The number of nitrogens with zero attached hydrogens (tertiary/aromatic N) is 2. The van der Waals surface area contributed by atoms with E-state index in [2.05, 4.69) is 21.9 Å². The molecule has 0 spiro atoms. The lowest BCUT2D eigenvalue weighted by molar-refractivity contribution is 0.867. The van der Waals surface area contributed by atoms with Crippen molar-refractivity contribution >= 4 is 12.2 Å². The van der Waals surface area contributed by atoms with Crippen molar-refractivity contribution in [2.45, 2.75) is 26.7 Å². The maximum atomic E-state index is 5.26. The van der Waals surface area contributed by atoms with Crippen molar-refractivity contribution in [1.29, 1.82) is 0 Å². The van der Waals surface area contributed by atoms with Gasteiger partial charge in [-0.3, -0.25) is 4.98 Å². The summed E-state index contributed by atoms with van der Waals surface area (Å²) in [7, 11) is 0. The molecule has 2 rings (SSSR count). The summed E-state index contributed by atoms with van der Waals surface area (Å²) < 4.78 is 0.687. The van der Waals surface area contributed by atoms with Gasteiger partial charge in [-0.15, -0.1) is 0 Å². The molecule has 0 bridgehead atoms. The Labute approximate surface area is 106 Å². The minimum absolute atomic E-state index is 0.687. The number of hydrogen-bond acceptors (Lipinski definition) is 3. The van der Waals surface area contributed by atoms with E-state index in [0.29, 0.717) is 11.1 Å². The molecule has 0 amide bonds. The van der Waals surface area contributed by atoms with Gasteiger partial charge in [-0.25, -0.2) is 4.98 Å². The lowest BCUT2D eigenvalue weighted by atomic mass is 10.2. The van der Waals surface area contributed by atoms with E-state index in [4.69, 9.17) is 12.2 Å². The first kappa shape index (κ1) is 11.9. The summed E-state index contributed by atoms with van der Waals surface area (Å²) in [4.78, 5) is 12.0. The highest BCUT2D eigenvalue weighted by Gasteiger charge is 2.04. The summed E-state index contributed by atoms with van der Waals surface area (Å²) >= 11 is 5.26. The summed E-state index contributed by atoms with van der Waals surface area (Å²) in [5.41, 5.74) is 3.24. The molecule has 0 unspecified atom stereocenters. The van der Waals surface area contributed by atoms with Crippen LogP contribution in [0.4, 0.5) is 0 Å². The third-order valence-corrected chi connectivity index (χ3v) is 3.13. The Hall–Kier alpha value is -1.55. The first-order valence-electron chi connectivity index (χ1n) is 5.69. The van der Waals surface area contributed by atoms with Crippen molar-refractivity contribution in [1.82, 2.24) is 15.0 Å². The van der Waals surface area contributed by atoms with E-state index in [0.717, 1.165) is 29.2 Å². The van der Waals surface area contributed by atoms with Crippen LogP contribution in [0.5, 0.6) is 0 Å². The Morgan fingerprint density at radius 2 is 2.18 bits per heavy atom. The molecule has 0 aromatic carbocycles. The van der Waals surface area contributed by atoms with Crippen LogP contribution < -0.4 is 0 Å². The zero-order valence-corrected chi connectivity index (χ0v) is 10.8. The van der Waals surface area contributed by atoms with Crippen molar-refractivity contribution in [2.75, 3.05) is 0 Å². The molecular weight excluding hydrogens is 230 g/mol. The van der Waals surface area contributed by atoms with Crippen molar-refractivity contribution in [3.8, 4) is 0 Å². The molecule has 2 aromatic heterocycles. The van der Waals surface area contributed by atoms with Gasteiger partial charge in [0.05, 0.1) is 0 Å². The Kier molecular flexibility index (Phi) is 3.64. The quantitative estimate of drug-likeness (QED) is 0.845. The summed E-state index contributed by atoms with van der Waals surface area (Å²) in [5, 5.41) is 0. The lowest BCUT2D eigenvalue weighted by Crippen LogP contribution is -2.04. The zero-order chi connectivity index (χ0) is 12.3. The van der Waals surface area contributed by atoms with E-state index in [1.165, 1.54) is 0 Å². The van der Waals surface area contributed by atoms with Gasteiger partial charge in [0.2, 0.25) is 0 Å². The smallest absolute Gasteiger partial charge is 0.132 e. The van der Waals surface area contributed by atoms with E-state index in [1.807, 2.05) is 25.1 Å². The highest BCUT2D eigenvalue weighted by Crippen LogP contribution is 2.09. The van der Waals surface area contributed by atoms with Gasteiger partial charge in [0.25, 0.3) is 0 Å². The minimum atomic E-state index is 0.687. The maximum absolute atomic E-state index is 5.26. The molecule has 88 valence electrons. The van der Waals surface area contributed by atoms with E-state index in [9.17, 15) is 0 Å². The van der Waals surface area contributed by atoms with Gasteiger partial charge in [0, 0.05) is 29.6 Å². The van der Waals surface area contributed by atoms with Crippen molar-refractivity contribution in [2.24, 2.45) is 0 Å². The monoisotopic (exact) mass is 245 g/mol. The SMILES string of the molecule is CCc1[nH]c(Cc2ccccn2)nc(=S)c1C. The second kappa shape index (κ2) is 5.19. The Morgan fingerprint density at radius 1 is 1.35 bits per heavy atom. The van der Waals surface area contributed by atoms with Gasteiger partial charge < -0.3 is 4.98 Å². The van der Waals surface area contributed by atoms with Gasteiger partial charge in [0.1, 0.15) is 10.5 Å². The number of hydrogen-bond donors (Lipinski definition) is 1. The second-order valence-corrected chi connectivity index (χ2v) is 4.33. The Bertz CT molecular complexity index is 561. The molecule has 0 saturated heterocycles. The molecular formula is C13H15N3S. The Morgan fingerprint density at radius 3 is 2.82 bits per heavy atom. The average molecular weight is 245 g/mol. The van der Waals surface area contributed by atoms with Crippen LogP contribution in [0.3, 0.4) is 0 Å². The predicted octanol–water partition coefficient (Wildman–Crippen LogP) is 3.00. The highest BCUT2D eigenvalue weighted by molar-refractivity contribution is 7.71. The van der Waals surface area contributed by atoms with Crippen LogP contribution in [0.15, 0.2) is 24.4 Å². The van der Waals surface area contributed by atoms with Crippen molar-refractivity contribution in [3.63, 3.8) is 0 Å². The number of H-pyrrole nitrogens is 1. The number of aromatic nitrogens is 3. The van der Waals surface area contributed by atoms with Crippen LogP contribution in [-0.4, -0.2) is 15.0 Å². The van der Waals surface area contributed by atoms with Gasteiger partial charge in [0.15, 0.2) is 0 Å². The van der Waals surface area contributed by atoms with Crippen LogP contribution in [0, 0.1) is 11.6 Å². The third-order valence-electron chi connectivity index (χ3n) is 2.73. The molecule has 1 N–H and O–H groups in total. The number of rotatable bonds is 3. The van der Waals surface area contributed by atoms with Crippen molar-refractivity contribution < 1.29 is 0 Å². The molecule has 0 aliphatic rings. The van der Waals surface area contributed by atoms with Crippen LogP contribution in [0.2, 0.25) is 0 Å². The maximum Gasteiger partial charge on any atom is 0.132 e. The highest BCUT2D eigenvalue weighted by atomic mass is 32.1. The normalized spacial score (nSPS) is 10.5. The zero-order valence-electron chi connectivity index (χ0n) is 10.0. The van der Waals surface area contributed by atoms with Crippen LogP contribution >= 0.6 is 12.2 Å². The lowest BCUT2D eigenvalue weighted by Gasteiger charge is -2.07. The number of nitrogens with one attached hydrogen (secondary N) is 1. The molecule has 0 aliphatic heterocycles. The first-order chi connectivity index (χ1) is 8.20. The fourth-order valence-electron chi connectivity index (χ4n) is 1.74. The molecule has 3 nitrogen and oxygen atoms in total. The van der Waals surface area contributed by atoms with Gasteiger partial charge in [-0.05, 0) is 25.5 Å². The molecule has 17 heavy (non-hydrogen) atoms.